The van der Waals surface area contributed by atoms with E-state index in [0.29, 0.717) is 13.0 Å². The highest BCUT2D eigenvalue weighted by molar-refractivity contribution is 14.1. The van der Waals surface area contributed by atoms with E-state index in [4.69, 9.17) is 4.74 Å². The molecule has 1 N–H and O–H groups in total. The van der Waals surface area contributed by atoms with Crippen LogP contribution in [0.2, 0.25) is 0 Å². The standard InChI is InChI=1S/C13H18INO2/c1-15-6-7-17-13(9-15)12(16)8-10-2-4-11(14)5-3-10/h2-5,12-13,16H,6-9H2,1H3. The minimum atomic E-state index is -0.419. The molecule has 0 saturated carbocycles. The topological polar surface area (TPSA) is 32.7 Å². The normalized spacial score (nSPS) is 23.6. The SMILES string of the molecule is CN1CCOC(C(O)Cc2ccc(I)cc2)C1. The molecule has 0 aromatic heterocycles. The maximum Gasteiger partial charge on any atom is 0.0964 e. The van der Waals surface area contributed by atoms with Crippen molar-refractivity contribution in [1.29, 1.82) is 0 Å². The van der Waals surface area contributed by atoms with Gasteiger partial charge in [0.05, 0.1) is 18.8 Å². The molecule has 1 heterocycles. The van der Waals surface area contributed by atoms with Crippen LogP contribution in [0.1, 0.15) is 5.56 Å². The quantitative estimate of drug-likeness (QED) is 0.842. The summed E-state index contributed by atoms with van der Waals surface area (Å²) in [5.41, 5.74) is 1.16. The summed E-state index contributed by atoms with van der Waals surface area (Å²) < 4.78 is 6.83. The van der Waals surface area contributed by atoms with Gasteiger partial charge in [0, 0.05) is 23.1 Å². The van der Waals surface area contributed by atoms with Crippen LogP contribution >= 0.6 is 22.6 Å². The number of morpholine rings is 1. The highest BCUT2D eigenvalue weighted by Crippen LogP contribution is 2.14. The van der Waals surface area contributed by atoms with E-state index >= 15 is 0 Å². The molecule has 94 valence electrons. The molecule has 0 aliphatic carbocycles. The minimum absolute atomic E-state index is 0.0620. The summed E-state index contributed by atoms with van der Waals surface area (Å²) in [7, 11) is 2.06. The van der Waals surface area contributed by atoms with Gasteiger partial charge in [0.25, 0.3) is 0 Å². The fraction of sp³-hybridized carbons (Fsp3) is 0.538. The van der Waals surface area contributed by atoms with Crippen LogP contribution in [-0.2, 0) is 11.2 Å². The van der Waals surface area contributed by atoms with Crippen LogP contribution in [0.15, 0.2) is 24.3 Å². The van der Waals surface area contributed by atoms with Gasteiger partial charge in [0.2, 0.25) is 0 Å². The third kappa shape index (κ3) is 3.91. The minimum Gasteiger partial charge on any atom is -0.390 e. The van der Waals surface area contributed by atoms with E-state index in [1.165, 1.54) is 3.57 Å². The number of rotatable bonds is 3. The lowest BCUT2D eigenvalue weighted by Crippen LogP contribution is -2.46. The first kappa shape index (κ1) is 13.3. The number of ether oxygens (including phenoxy) is 1. The molecule has 1 aliphatic heterocycles. The van der Waals surface area contributed by atoms with Gasteiger partial charge in [-0.3, -0.25) is 0 Å². The third-order valence-electron chi connectivity index (χ3n) is 3.08. The lowest BCUT2D eigenvalue weighted by molar-refractivity contribution is -0.0823. The van der Waals surface area contributed by atoms with Crippen molar-refractivity contribution in [2.75, 3.05) is 26.7 Å². The van der Waals surface area contributed by atoms with Crippen molar-refractivity contribution >= 4 is 22.6 Å². The number of hydrogen-bond donors (Lipinski definition) is 1. The van der Waals surface area contributed by atoms with Crippen molar-refractivity contribution in [1.82, 2.24) is 4.90 Å². The summed E-state index contributed by atoms with van der Waals surface area (Å²) in [5, 5.41) is 10.2. The highest BCUT2D eigenvalue weighted by Gasteiger charge is 2.25. The number of nitrogens with zero attached hydrogens (tertiary/aromatic N) is 1. The second-order valence-corrected chi connectivity index (χ2v) is 5.82. The van der Waals surface area contributed by atoms with Crippen LogP contribution in [0.4, 0.5) is 0 Å². The first-order valence-corrected chi connectivity index (χ1v) is 6.95. The van der Waals surface area contributed by atoms with Gasteiger partial charge in [0.15, 0.2) is 0 Å². The molecule has 1 saturated heterocycles. The van der Waals surface area contributed by atoms with Gasteiger partial charge in [-0.25, -0.2) is 0 Å². The lowest BCUT2D eigenvalue weighted by Gasteiger charge is -2.33. The van der Waals surface area contributed by atoms with E-state index in [2.05, 4.69) is 58.8 Å². The van der Waals surface area contributed by atoms with E-state index in [9.17, 15) is 5.11 Å². The number of likely N-dealkylation sites (N-methyl/N-ethyl adjacent to an activating group) is 1. The van der Waals surface area contributed by atoms with Gasteiger partial charge in [-0.05, 0) is 47.3 Å². The van der Waals surface area contributed by atoms with Crippen LogP contribution in [0.3, 0.4) is 0 Å². The Hall–Kier alpha value is -0.170. The van der Waals surface area contributed by atoms with E-state index in [0.717, 1.165) is 18.7 Å². The summed E-state index contributed by atoms with van der Waals surface area (Å²) in [6.07, 6.45) is 0.181. The number of halogens is 1. The molecule has 2 atom stereocenters. The largest absolute Gasteiger partial charge is 0.390 e. The monoisotopic (exact) mass is 347 g/mol. The number of benzene rings is 1. The van der Waals surface area contributed by atoms with Gasteiger partial charge < -0.3 is 14.7 Å². The smallest absolute Gasteiger partial charge is 0.0964 e. The third-order valence-corrected chi connectivity index (χ3v) is 3.80. The molecule has 1 aromatic rings. The van der Waals surface area contributed by atoms with Gasteiger partial charge in [-0.15, -0.1) is 0 Å². The molecule has 1 aromatic carbocycles. The molecule has 17 heavy (non-hydrogen) atoms. The van der Waals surface area contributed by atoms with Crippen molar-refractivity contribution in [2.45, 2.75) is 18.6 Å². The van der Waals surface area contributed by atoms with Crippen molar-refractivity contribution in [3.63, 3.8) is 0 Å². The fourth-order valence-corrected chi connectivity index (χ4v) is 2.40. The molecule has 1 aliphatic rings. The summed E-state index contributed by atoms with van der Waals surface area (Å²) in [4.78, 5) is 2.20. The predicted molar refractivity (Wildman–Crippen MR) is 76.1 cm³/mol. The van der Waals surface area contributed by atoms with E-state index in [1.54, 1.807) is 0 Å². The predicted octanol–water partition coefficient (Wildman–Crippen LogP) is 1.53. The van der Waals surface area contributed by atoms with E-state index in [1.807, 2.05) is 0 Å². The molecule has 3 nitrogen and oxygen atoms in total. The molecule has 4 heteroatoms. The Morgan fingerprint density at radius 2 is 2.18 bits per heavy atom. The Labute approximate surface area is 116 Å². The summed E-state index contributed by atoms with van der Waals surface area (Å²) in [6.45, 7) is 2.48. The van der Waals surface area contributed by atoms with E-state index < -0.39 is 6.10 Å². The Bertz CT molecular complexity index is 355. The van der Waals surface area contributed by atoms with Crippen LogP contribution in [0.25, 0.3) is 0 Å². The number of aliphatic hydroxyl groups is 1. The van der Waals surface area contributed by atoms with Crippen molar-refractivity contribution in [3.05, 3.63) is 33.4 Å². The molecule has 0 radical (unpaired) electrons. The highest BCUT2D eigenvalue weighted by atomic mass is 127. The average Bonchev–Trinajstić information content (AvgIpc) is 2.32. The van der Waals surface area contributed by atoms with Crippen molar-refractivity contribution < 1.29 is 9.84 Å². The molecule has 0 bridgehead atoms. The Balaban J connectivity index is 1.91. The Kier molecular flexibility index (Phi) is 4.78. The van der Waals surface area contributed by atoms with Gasteiger partial charge in [-0.1, -0.05) is 12.1 Å². The average molecular weight is 347 g/mol. The summed E-state index contributed by atoms with van der Waals surface area (Å²) in [6, 6.07) is 8.27. The maximum atomic E-state index is 10.2. The zero-order chi connectivity index (χ0) is 12.3. The molecule has 1 fully saturated rings. The number of aliphatic hydroxyl groups excluding tert-OH is 1. The molecule has 2 unspecified atom stereocenters. The molecule has 0 spiro atoms. The second-order valence-electron chi connectivity index (χ2n) is 4.57. The van der Waals surface area contributed by atoms with Crippen LogP contribution in [0, 0.1) is 3.57 Å². The Morgan fingerprint density at radius 1 is 1.47 bits per heavy atom. The Morgan fingerprint density at radius 3 is 2.82 bits per heavy atom. The molecular weight excluding hydrogens is 329 g/mol. The van der Waals surface area contributed by atoms with Crippen molar-refractivity contribution in [2.24, 2.45) is 0 Å². The van der Waals surface area contributed by atoms with E-state index in [-0.39, 0.29) is 6.10 Å². The maximum absolute atomic E-state index is 10.2. The van der Waals surface area contributed by atoms with Crippen LogP contribution in [-0.4, -0.2) is 49.0 Å². The molecule has 2 rings (SSSR count). The van der Waals surface area contributed by atoms with Crippen LogP contribution < -0.4 is 0 Å². The first-order chi connectivity index (χ1) is 8.15. The van der Waals surface area contributed by atoms with Gasteiger partial charge >= 0.3 is 0 Å². The van der Waals surface area contributed by atoms with Crippen molar-refractivity contribution in [3.8, 4) is 0 Å². The summed E-state index contributed by atoms with van der Waals surface area (Å²) >= 11 is 2.28. The fourth-order valence-electron chi connectivity index (χ4n) is 2.04. The molecular formula is C13H18INO2. The van der Waals surface area contributed by atoms with Gasteiger partial charge in [0.1, 0.15) is 0 Å². The first-order valence-electron chi connectivity index (χ1n) is 5.88. The van der Waals surface area contributed by atoms with Gasteiger partial charge in [-0.2, -0.15) is 0 Å². The zero-order valence-corrected chi connectivity index (χ0v) is 12.1. The lowest BCUT2D eigenvalue weighted by atomic mass is 10.0. The zero-order valence-electron chi connectivity index (χ0n) is 9.97. The van der Waals surface area contributed by atoms with Crippen LogP contribution in [0.5, 0.6) is 0 Å². The summed E-state index contributed by atoms with van der Waals surface area (Å²) in [5.74, 6) is 0. The molecule has 0 amide bonds. The second kappa shape index (κ2) is 6.13. The number of hydrogen-bond acceptors (Lipinski definition) is 3.